The van der Waals surface area contributed by atoms with Gasteiger partial charge in [-0.3, -0.25) is 0 Å². The molecule has 0 aliphatic heterocycles. The van der Waals surface area contributed by atoms with Gasteiger partial charge in [-0.15, -0.1) is 0 Å². The van der Waals surface area contributed by atoms with Gasteiger partial charge in [0, 0.05) is 0 Å². The van der Waals surface area contributed by atoms with E-state index in [2.05, 4.69) is 0 Å². The largest absolute Gasteiger partial charge is 0.348 e. The molecule has 2 N–H and O–H groups in total. The molecule has 74 valence electrons. The van der Waals surface area contributed by atoms with Gasteiger partial charge < -0.3 is 15.2 Å². The van der Waals surface area contributed by atoms with Crippen LogP contribution in [0.1, 0.15) is 34.6 Å². The van der Waals surface area contributed by atoms with Crippen LogP contribution in [0, 0.1) is 0 Å². The van der Waals surface area contributed by atoms with E-state index in [1.165, 1.54) is 0 Å². The SMILES string of the molecule is CC(C)OC(OC(C)C)C(C)N. The van der Waals surface area contributed by atoms with E-state index in [4.69, 9.17) is 15.2 Å². The van der Waals surface area contributed by atoms with Crippen molar-refractivity contribution in [2.45, 2.75) is 59.2 Å². The first-order chi connectivity index (χ1) is 5.43. The zero-order valence-corrected chi connectivity index (χ0v) is 8.70. The Morgan fingerprint density at radius 3 is 1.33 bits per heavy atom. The van der Waals surface area contributed by atoms with Crippen LogP contribution in [0.5, 0.6) is 0 Å². The zero-order chi connectivity index (χ0) is 9.72. The molecule has 12 heavy (non-hydrogen) atoms. The Balaban J connectivity index is 3.87. The molecule has 0 aromatic carbocycles. The van der Waals surface area contributed by atoms with Crippen LogP contribution in [-0.4, -0.2) is 24.5 Å². The van der Waals surface area contributed by atoms with E-state index in [9.17, 15) is 0 Å². The molecule has 0 amide bonds. The molecule has 1 unspecified atom stereocenters. The van der Waals surface area contributed by atoms with Crippen molar-refractivity contribution in [2.75, 3.05) is 0 Å². The predicted octanol–water partition coefficient (Wildman–Crippen LogP) is 1.51. The minimum atomic E-state index is -0.287. The third kappa shape index (κ3) is 5.52. The second kappa shape index (κ2) is 5.51. The molecular weight excluding hydrogens is 154 g/mol. The highest BCUT2D eigenvalue weighted by molar-refractivity contribution is 4.60. The molecule has 0 aromatic heterocycles. The van der Waals surface area contributed by atoms with Gasteiger partial charge in [-0.05, 0) is 34.6 Å². The monoisotopic (exact) mass is 175 g/mol. The average Bonchev–Trinajstić information content (AvgIpc) is 1.83. The van der Waals surface area contributed by atoms with Crippen molar-refractivity contribution in [1.29, 1.82) is 0 Å². The van der Waals surface area contributed by atoms with Crippen LogP contribution in [0.25, 0.3) is 0 Å². The standard InChI is InChI=1S/C9H21NO2/c1-6(2)11-9(8(5)10)12-7(3)4/h6-9H,10H2,1-5H3. The lowest BCUT2D eigenvalue weighted by Crippen LogP contribution is -2.39. The summed E-state index contributed by atoms with van der Waals surface area (Å²) < 4.78 is 11.0. The number of rotatable bonds is 5. The quantitative estimate of drug-likeness (QED) is 0.644. The summed E-state index contributed by atoms with van der Waals surface area (Å²) in [5, 5.41) is 0. The maximum absolute atomic E-state index is 5.68. The van der Waals surface area contributed by atoms with E-state index in [-0.39, 0.29) is 24.5 Å². The first kappa shape index (κ1) is 11.9. The zero-order valence-electron chi connectivity index (χ0n) is 8.70. The van der Waals surface area contributed by atoms with Gasteiger partial charge in [-0.2, -0.15) is 0 Å². The van der Waals surface area contributed by atoms with Crippen LogP contribution in [0.3, 0.4) is 0 Å². The predicted molar refractivity (Wildman–Crippen MR) is 49.9 cm³/mol. The Hall–Kier alpha value is -0.120. The van der Waals surface area contributed by atoms with Crippen molar-refractivity contribution < 1.29 is 9.47 Å². The van der Waals surface area contributed by atoms with E-state index in [1.54, 1.807) is 0 Å². The average molecular weight is 175 g/mol. The third-order valence-electron chi connectivity index (χ3n) is 1.24. The highest BCUT2D eigenvalue weighted by atomic mass is 16.7. The highest BCUT2D eigenvalue weighted by Gasteiger charge is 2.17. The van der Waals surface area contributed by atoms with Crippen molar-refractivity contribution in [3.8, 4) is 0 Å². The first-order valence-corrected chi connectivity index (χ1v) is 4.50. The van der Waals surface area contributed by atoms with Crippen molar-refractivity contribution in [2.24, 2.45) is 5.73 Å². The van der Waals surface area contributed by atoms with Crippen LogP contribution >= 0.6 is 0 Å². The summed E-state index contributed by atoms with van der Waals surface area (Å²) >= 11 is 0. The molecular formula is C9H21NO2. The molecule has 0 radical (unpaired) electrons. The van der Waals surface area contributed by atoms with E-state index in [0.29, 0.717) is 0 Å². The van der Waals surface area contributed by atoms with Crippen LogP contribution < -0.4 is 5.73 Å². The van der Waals surface area contributed by atoms with Crippen LogP contribution in [0.15, 0.2) is 0 Å². The molecule has 0 spiro atoms. The molecule has 0 saturated heterocycles. The highest BCUT2D eigenvalue weighted by Crippen LogP contribution is 2.06. The van der Waals surface area contributed by atoms with Crippen LogP contribution in [0.2, 0.25) is 0 Å². The number of hydrogen-bond acceptors (Lipinski definition) is 3. The van der Waals surface area contributed by atoms with Gasteiger partial charge in [-0.1, -0.05) is 0 Å². The molecule has 3 nitrogen and oxygen atoms in total. The van der Waals surface area contributed by atoms with Gasteiger partial charge >= 0.3 is 0 Å². The van der Waals surface area contributed by atoms with Crippen molar-refractivity contribution in [3.05, 3.63) is 0 Å². The van der Waals surface area contributed by atoms with Crippen molar-refractivity contribution in [1.82, 2.24) is 0 Å². The van der Waals surface area contributed by atoms with E-state index in [1.807, 2.05) is 34.6 Å². The molecule has 0 fully saturated rings. The van der Waals surface area contributed by atoms with E-state index in [0.717, 1.165) is 0 Å². The van der Waals surface area contributed by atoms with Gasteiger partial charge in [0.2, 0.25) is 0 Å². The van der Waals surface area contributed by atoms with Crippen LogP contribution in [-0.2, 0) is 9.47 Å². The summed E-state index contributed by atoms with van der Waals surface area (Å²) in [5.74, 6) is 0. The molecule has 0 rings (SSSR count). The summed E-state index contributed by atoms with van der Waals surface area (Å²) in [7, 11) is 0. The Bertz CT molecular complexity index is 103. The Kier molecular flexibility index (Phi) is 5.46. The molecule has 0 aliphatic carbocycles. The lowest BCUT2D eigenvalue weighted by Gasteiger charge is -2.25. The van der Waals surface area contributed by atoms with Crippen molar-refractivity contribution in [3.63, 3.8) is 0 Å². The maximum atomic E-state index is 5.68. The fourth-order valence-electron chi connectivity index (χ4n) is 0.816. The maximum Gasteiger partial charge on any atom is 0.172 e. The smallest absolute Gasteiger partial charge is 0.172 e. The lowest BCUT2D eigenvalue weighted by atomic mass is 10.3. The molecule has 3 heteroatoms. The topological polar surface area (TPSA) is 44.5 Å². The molecule has 0 aromatic rings. The number of nitrogens with two attached hydrogens (primary N) is 1. The van der Waals surface area contributed by atoms with Gasteiger partial charge in [0.15, 0.2) is 6.29 Å². The molecule has 1 atom stereocenters. The minimum Gasteiger partial charge on any atom is -0.348 e. The van der Waals surface area contributed by atoms with Gasteiger partial charge in [0.1, 0.15) is 0 Å². The summed E-state index contributed by atoms with van der Waals surface area (Å²) in [6.07, 6.45) is 0.0181. The second-order valence-corrected chi connectivity index (χ2v) is 3.60. The normalized spacial score (nSPS) is 14.8. The summed E-state index contributed by atoms with van der Waals surface area (Å²) in [6.45, 7) is 9.77. The fraction of sp³-hybridized carbons (Fsp3) is 1.00. The second-order valence-electron chi connectivity index (χ2n) is 3.60. The van der Waals surface area contributed by atoms with Crippen molar-refractivity contribution >= 4 is 0 Å². The number of hydrogen-bond donors (Lipinski definition) is 1. The lowest BCUT2D eigenvalue weighted by molar-refractivity contribution is -0.188. The summed E-state index contributed by atoms with van der Waals surface area (Å²) in [6, 6.07) is -0.0881. The van der Waals surface area contributed by atoms with Gasteiger partial charge in [-0.25, -0.2) is 0 Å². The third-order valence-corrected chi connectivity index (χ3v) is 1.24. The molecule has 0 heterocycles. The Labute approximate surface area is 75.2 Å². The Morgan fingerprint density at radius 1 is 0.833 bits per heavy atom. The van der Waals surface area contributed by atoms with Crippen LogP contribution in [0.4, 0.5) is 0 Å². The molecule has 0 bridgehead atoms. The first-order valence-electron chi connectivity index (χ1n) is 4.50. The summed E-state index contributed by atoms with van der Waals surface area (Å²) in [5.41, 5.74) is 5.68. The van der Waals surface area contributed by atoms with Gasteiger partial charge in [0.05, 0.1) is 18.2 Å². The number of ether oxygens (including phenoxy) is 2. The molecule has 0 saturated carbocycles. The fourth-order valence-corrected chi connectivity index (χ4v) is 0.816. The molecule has 0 aliphatic rings. The van der Waals surface area contributed by atoms with E-state index < -0.39 is 0 Å². The van der Waals surface area contributed by atoms with Gasteiger partial charge in [0.25, 0.3) is 0 Å². The Morgan fingerprint density at radius 2 is 1.17 bits per heavy atom. The van der Waals surface area contributed by atoms with E-state index >= 15 is 0 Å². The summed E-state index contributed by atoms with van der Waals surface area (Å²) in [4.78, 5) is 0. The minimum absolute atomic E-state index is 0.0881.